The van der Waals surface area contributed by atoms with Crippen LogP contribution in [0.25, 0.3) is 0 Å². The first-order chi connectivity index (χ1) is 10.8. The molecule has 1 heterocycles. The van der Waals surface area contributed by atoms with Crippen molar-refractivity contribution in [1.29, 1.82) is 0 Å². The third-order valence-corrected chi connectivity index (χ3v) is 4.94. The normalized spacial score (nSPS) is 24.2. The standard InChI is InChI=1S/C19H23NO3/c1-12(2)9-15-16(19(15,3)4)18(22)23-11-20-10-13-7-5-6-8-14(13)17(20)21/h5-9,15-16H,10-11H2,1-4H3/t15-,16+/m1/s1. The summed E-state index contributed by atoms with van der Waals surface area (Å²) >= 11 is 0. The van der Waals surface area contributed by atoms with Crippen LogP contribution in [0.2, 0.25) is 0 Å². The number of allylic oxidation sites excluding steroid dienone is 2. The molecule has 23 heavy (non-hydrogen) atoms. The fraction of sp³-hybridized carbons (Fsp3) is 0.474. The van der Waals surface area contributed by atoms with Crippen LogP contribution < -0.4 is 0 Å². The van der Waals surface area contributed by atoms with Gasteiger partial charge in [-0.1, -0.05) is 43.7 Å². The first-order valence-corrected chi connectivity index (χ1v) is 8.01. The zero-order valence-electron chi connectivity index (χ0n) is 14.1. The van der Waals surface area contributed by atoms with Gasteiger partial charge in [0, 0.05) is 5.56 Å². The van der Waals surface area contributed by atoms with Crippen molar-refractivity contribution in [2.75, 3.05) is 6.73 Å². The topological polar surface area (TPSA) is 46.6 Å². The Hall–Kier alpha value is -2.10. The summed E-state index contributed by atoms with van der Waals surface area (Å²) in [5.41, 5.74) is 2.84. The molecule has 1 fully saturated rings. The van der Waals surface area contributed by atoms with Crippen LogP contribution in [0.1, 0.15) is 43.6 Å². The quantitative estimate of drug-likeness (QED) is 0.632. The molecule has 4 nitrogen and oxygen atoms in total. The van der Waals surface area contributed by atoms with Gasteiger partial charge in [-0.05, 0) is 36.8 Å². The number of fused-ring (bicyclic) bond motifs is 1. The molecule has 0 N–H and O–H groups in total. The van der Waals surface area contributed by atoms with Crippen LogP contribution >= 0.6 is 0 Å². The minimum absolute atomic E-state index is 0.0282. The molecule has 0 unspecified atom stereocenters. The van der Waals surface area contributed by atoms with E-state index < -0.39 is 0 Å². The van der Waals surface area contributed by atoms with Gasteiger partial charge in [-0.2, -0.15) is 0 Å². The Balaban J connectivity index is 1.59. The summed E-state index contributed by atoms with van der Waals surface area (Å²) in [6, 6.07) is 7.51. The number of esters is 1. The van der Waals surface area contributed by atoms with Crippen LogP contribution in [0.4, 0.5) is 0 Å². The van der Waals surface area contributed by atoms with E-state index in [1.54, 1.807) is 4.90 Å². The highest BCUT2D eigenvalue weighted by molar-refractivity contribution is 5.98. The molecule has 3 rings (SSSR count). The Kier molecular flexibility index (Phi) is 3.78. The van der Waals surface area contributed by atoms with Gasteiger partial charge in [0.05, 0.1) is 12.5 Å². The fourth-order valence-corrected chi connectivity index (χ4v) is 3.45. The lowest BCUT2D eigenvalue weighted by Gasteiger charge is -2.15. The fourth-order valence-electron chi connectivity index (χ4n) is 3.45. The van der Waals surface area contributed by atoms with E-state index in [4.69, 9.17) is 4.74 Å². The summed E-state index contributed by atoms with van der Waals surface area (Å²) in [6.45, 7) is 8.78. The molecule has 1 aliphatic heterocycles. The van der Waals surface area contributed by atoms with Gasteiger partial charge in [-0.15, -0.1) is 0 Å². The predicted molar refractivity (Wildman–Crippen MR) is 87.5 cm³/mol. The lowest BCUT2D eigenvalue weighted by atomic mass is 10.1. The van der Waals surface area contributed by atoms with E-state index in [0.717, 1.165) is 5.56 Å². The van der Waals surface area contributed by atoms with Gasteiger partial charge in [0.1, 0.15) is 0 Å². The molecule has 1 saturated carbocycles. The average molecular weight is 313 g/mol. The Morgan fingerprint density at radius 2 is 2.04 bits per heavy atom. The van der Waals surface area contributed by atoms with Gasteiger partial charge in [0.15, 0.2) is 6.73 Å². The lowest BCUT2D eigenvalue weighted by molar-refractivity contribution is -0.149. The van der Waals surface area contributed by atoms with Crippen molar-refractivity contribution >= 4 is 11.9 Å². The zero-order chi connectivity index (χ0) is 16.8. The van der Waals surface area contributed by atoms with E-state index in [9.17, 15) is 9.59 Å². The second kappa shape index (κ2) is 5.52. The highest BCUT2D eigenvalue weighted by atomic mass is 16.5. The first kappa shape index (κ1) is 15.8. The highest BCUT2D eigenvalue weighted by Crippen LogP contribution is 2.59. The maximum Gasteiger partial charge on any atom is 0.311 e. The van der Waals surface area contributed by atoms with E-state index in [2.05, 4.69) is 19.9 Å². The monoisotopic (exact) mass is 313 g/mol. The van der Waals surface area contributed by atoms with E-state index in [1.807, 2.05) is 38.1 Å². The van der Waals surface area contributed by atoms with Crippen molar-refractivity contribution in [2.45, 2.75) is 34.2 Å². The molecule has 0 spiro atoms. The van der Waals surface area contributed by atoms with Crippen molar-refractivity contribution in [2.24, 2.45) is 17.3 Å². The molecule has 0 radical (unpaired) electrons. The number of carbonyl (C=O) groups is 2. The van der Waals surface area contributed by atoms with Crippen molar-refractivity contribution in [3.05, 3.63) is 47.0 Å². The maximum atomic E-state index is 12.4. The summed E-state index contributed by atoms with van der Waals surface area (Å²) in [7, 11) is 0. The molecule has 1 aromatic rings. The zero-order valence-corrected chi connectivity index (χ0v) is 14.1. The SMILES string of the molecule is CC(C)=C[C@@H]1[C@@H](C(=O)OCN2Cc3ccccc3C2=O)C1(C)C. The predicted octanol–water partition coefficient (Wildman–Crippen LogP) is 3.38. The number of carbonyl (C=O) groups excluding carboxylic acids is 2. The Labute approximate surface area is 137 Å². The number of ether oxygens (including phenoxy) is 1. The average Bonchev–Trinajstić information content (AvgIpc) is 2.86. The minimum Gasteiger partial charge on any atom is -0.444 e. The molecular formula is C19H23NO3. The molecule has 122 valence electrons. The molecule has 4 heteroatoms. The summed E-state index contributed by atoms with van der Waals surface area (Å²) in [4.78, 5) is 26.2. The van der Waals surface area contributed by atoms with Gasteiger partial charge < -0.3 is 9.64 Å². The van der Waals surface area contributed by atoms with Gasteiger partial charge in [-0.3, -0.25) is 9.59 Å². The van der Waals surface area contributed by atoms with Crippen LogP contribution in [-0.2, 0) is 16.1 Å². The maximum absolute atomic E-state index is 12.4. The van der Waals surface area contributed by atoms with E-state index >= 15 is 0 Å². The van der Waals surface area contributed by atoms with E-state index in [-0.39, 0.29) is 35.9 Å². The largest absolute Gasteiger partial charge is 0.444 e. The number of benzene rings is 1. The summed E-state index contributed by atoms with van der Waals surface area (Å²) < 4.78 is 5.44. The Morgan fingerprint density at radius 3 is 2.70 bits per heavy atom. The molecule has 2 atom stereocenters. The van der Waals surface area contributed by atoms with Gasteiger partial charge in [-0.25, -0.2) is 0 Å². The number of rotatable bonds is 4. The minimum atomic E-state index is -0.207. The van der Waals surface area contributed by atoms with E-state index in [1.165, 1.54) is 5.57 Å². The first-order valence-electron chi connectivity index (χ1n) is 8.01. The summed E-state index contributed by atoms with van der Waals surface area (Å²) in [6.07, 6.45) is 2.14. The molecule has 0 saturated heterocycles. The van der Waals surface area contributed by atoms with Crippen LogP contribution in [0.15, 0.2) is 35.9 Å². The molecule has 1 amide bonds. The molecule has 2 aliphatic rings. The van der Waals surface area contributed by atoms with Crippen LogP contribution in [-0.4, -0.2) is 23.5 Å². The second-order valence-corrected chi connectivity index (χ2v) is 7.32. The number of hydrogen-bond donors (Lipinski definition) is 0. The van der Waals surface area contributed by atoms with Crippen molar-refractivity contribution in [3.8, 4) is 0 Å². The summed E-state index contributed by atoms with van der Waals surface area (Å²) in [5.74, 6) is -0.158. The lowest BCUT2D eigenvalue weighted by Crippen LogP contribution is -2.29. The van der Waals surface area contributed by atoms with Crippen LogP contribution in [0, 0.1) is 17.3 Å². The summed E-state index contributed by atoms with van der Waals surface area (Å²) in [5, 5.41) is 0. The van der Waals surface area contributed by atoms with Gasteiger partial charge in [0.2, 0.25) is 0 Å². The number of amides is 1. The third-order valence-electron chi connectivity index (χ3n) is 4.94. The smallest absolute Gasteiger partial charge is 0.311 e. The van der Waals surface area contributed by atoms with Crippen molar-refractivity contribution in [3.63, 3.8) is 0 Å². The number of hydrogen-bond acceptors (Lipinski definition) is 3. The molecule has 1 aromatic carbocycles. The molecule has 1 aliphatic carbocycles. The Bertz CT molecular complexity index is 686. The van der Waals surface area contributed by atoms with Gasteiger partial charge >= 0.3 is 5.97 Å². The highest BCUT2D eigenvalue weighted by Gasteiger charge is 2.61. The molecular weight excluding hydrogens is 290 g/mol. The third kappa shape index (κ3) is 2.78. The second-order valence-electron chi connectivity index (χ2n) is 7.32. The molecule has 0 aromatic heterocycles. The molecule has 0 bridgehead atoms. The van der Waals surface area contributed by atoms with E-state index in [0.29, 0.717) is 12.1 Å². The number of nitrogens with zero attached hydrogens (tertiary/aromatic N) is 1. The Morgan fingerprint density at radius 1 is 1.35 bits per heavy atom. The van der Waals surface area contributed by atoms with Crippen LogP contribution in [0.3, 0.4) is 0 Å². The van der Waals surface area contributed by atoms with Crippen molar-refractivity contribution in [1.82, 2.24) is 4.90 Å². The van der Waals surface area contributed by atoms with Gasteiger partial charge in [0.25, 0.3) is 5.91 Å². The van der Waals surface area contributed by atoms with Crippen LogP contribution in [0.5, 0.6) is 0 Å². The van der Waals surface area contributed by atoms with Crippen molar-refractivity contribution < 1.29 is 14.3 Å².